The van der Waals surface area contributed by atoms with Crippen molar-refractivity contribution in [2.75, 3.05) is 26.2 Å². The number of rotatable bonds is 5. The van der Waals surface area contributed by atoms with E-state index in [1.54, 1.807) is 17.0 Å². The molecule has 0 atom stereocenters. The van der Waals surface area contributed by atoms with E-state index in [9.17, 15) is 9.59 Å². The molecule has 0 aromatic heterocycles. The first-order valence-corrected chi connectivity index (χ1v) is 6.16. The number of carboxylic acid groups (broad SMARTS) is 1. The largest absolute Gasteiger partial charge is 0.492 e. The Morgan fingerprint density at radius 3 is 2.74 bits per heavy atom. The molecular weight excluding hydrogens is 248 g/mol. The van der Waals surface area contributed by atoms with Crippen LogP contribution < -0.4 is 10.1 Å². The smallest absolute Gasteiger partial charge is 0.335 e. The molecule has 0 unspecified atom stereocenters. The van der Waals surface area contributed by atoms with E-state index in [1.807, 2.05) is 0 Å². The number of carboxylic acids is 1. The summed E-state index contributed by atoms with van der Waals surface area (Å²) in [6, 6.07) is 6.15. The van der Waals surface area contributed by atoms with Gasteiger partial charge in [-0.05, 0) is 30.7 Å². The predicted octanol–water partition coefficient (Wildman–Crippen LogP) is 1.18. The van der Waals surface area contributed by atoms with E-state index in [0.717, 1.165) is 19.5 Å². The van der Waals surface area contributed by atoms with Crippen LogP contribution in [-0.4, -0.2) is 48.2 Å². The van der Waals surface area contributed by atoms with Gasteiger partial charge in [0.1, 0.15) is 12.4 Å². The molecule has 2 rings (SSSR count). The van der Waals surface area contributed by atoms with Crippen molar-refractivity contribution in [2.24, 2.45) is 0 Å². The second-order valence-electron chi connectivity index (χ2n) is 4.25. The number of hydrogen-bond acceptors (Lipinski definition) is 3. The molecule has 6 heteroatoms. The lowest BCUT2D eigenvalue weighted by molar-refractivity contribution is 0.0696. The summed E-state index contributed by atoms with van der Waals surface area (Å²) in [5.74, 6) is -0.362. The molecule has 2 N–H and O–H groups in total. The Bertz CT molecular complexity index is 458. The first kappa shape index (κ1) is 13.2. The second-order valence-corrected chi connectivity index (χ2v) is 4.25. The number of ether oxygens (including phenoxy) is 1. The molecule has 1 fully saturated rings. The number of nitrogens with zero attached hydrogens (tertiary/aromatic N) is 1. The molecular formula is C13H16N2O4. The molecule has 1 heterocycles. The number of benzene rings is 1. The van der Waals surface area contributed by atoms with E-state index in [0.29, 0.717) is 18.9 Å². The summed E-state index contributed by atoms with van der Waals surface area (Å²) in [6.07, 6.45) is 0.944. The van der Waals surface area contributed by atoms with E-state index in [4.69, 9.17) is 9.84 Å². The average molecular weight is 264 g/mol. The monoisotopic (exact) mass is 264 g/mol. The zero-order valence-electron chi connectivity index (χ0n) is 10.5. The first-order chi connectivity index (χ1) is 9.16. The standard InChI is InChI=1S/C13H16N2O4/c16-12(17)10-2-4-11(5-3-10)19-9-8-15-7-1-6-14-13(15)18/h2-5H,1,6-9H2,(H,14,18)(H,16,17). The molecule has 6 nitrogen and oxygen atoms in total. The molecule has 0 spiro atoms. The van der Waals surface area contributed by atoms with Gasteiger partial charge in [0, 0.05) is 13.1 Å². The Labute approximate surface area is 111 Å². The quantitative estimate of drug-likeness (QED) is 0.837. The van der Waals surface area contributed by atoms with Crippen LogP contribution in [0.2, 0.25) is 0 Å². The van der Waals surface area contributed by atoms with Gasteiger partial charge < -0.3 is 20.1 Å². The van der Waals surface area contributed by atoms with Crippen molar-refractivity contribution >= 4 is 12.0 Å². The minimum Gasteiger partial charge on any atom is -0.492 e. The maximum atomic E-state index is 11.5. The number of amides is 2. The molecule has 1 aromatic rings. The molecule has 0 bridgehead atoms. The molecule has 0 saturated carbocycles. The normalized spacial score (nSPS) is 14.9. The zero-order chi connectivity index (χ0) is 13.7. The van der Waals surface area contributed by atoms with Crippen LogP contribution in [0.15, 0.2) is 24.3 Å². The van der Waals surface area contributed by atoms with E-state index in [2.05, 4.69) is 5.32 Å². The highest BCUT2D eigenvalue weighted by Gasteiger charge is 2.16. The highest BCUT2D eigenvalue weighted by Crippen LogP contribution is 2.12. The van der Waals surface area contributed by atoms with Gasteiger partial charge in [0.15, 0.2) is 0 Å². The molecule has 102 valence electrons. The number of carbonyl (C=O) groups is 2. The van der Waals surface area contributed by atoms with Crippen LogP contribution in [0.25, 0.3) is 0 Å². The van der Waals surface area contributed by atoms with Crippen LogP contribution in [0.5, 0.6) is 5.75 Å². The van der Waals surface area contributed by atoms with Crippen LogP contribution in [0.1, 0.15) is 16.8 Å². The fraction of sp³-hybridized carbons (Fsp3) is 0.385. The predicted molar refractivity (Wildman–Crippen MR) is 68.5 cm³/mol. The van der Waals surface area contributed by atoms with Crippen LogP contribution in [-0.2, 0) is 0 Å². The summed E-state index contributed by atoms with van der Waals surface area (Å²) in [6.45, 7) is 2.38. The Balaban J connectivity index is 1.79. The number of nitrogens with one attached hydrogen (secondary N) is 1. The van der Waals surface area contributed by atoms with Gasteiger partial charge >= 0.3 is 12.0 Å². The Hall–Kier alpha value is -2.24. The van der Waals surface area contributed by atoms with Gasteiger partial charge in [-0.2, -0.15) is 0 Å². The SMILES string of the molecule is O=C(O)c1ccc(OCCN2CCCNC2=O)cc1. The third-order valence-electron chi connectivity index (χ3n) is 2.90. The molecule has 1 saturated heterocycles. The summed E-state index contributed by atoms with van der Waals surface area (Å²) in [7, 11) is 0. The third kappa shape index (κ3) is 3.61. The fourth-order valence-electron chi connectivity index (χ4n) is 1.86. The molecule has 1 aliphatic rings. The van der Waals surface area contributed by atoms with E-state index in [1.165, 1.54) is 12.1 Å². The maximum Gasteiger partial charge on any atom is 0.335 e. The summed E-state index contributed by atoms with van der Waals surface area (Å²) in [5.41, 5.74) is 0.225. The van der Waals surface area contributed by atoms with Crippen molar-refractivity contribution in [3.63, 3.8) is 0 Å². The van der Waals surface area contributed by atoms with Gasteiger partial charge in [-0.15, -0.1) is 0 Å². The van der Waals surface area contributed by atoms with Crippen LogP contribution in [0.4, 0.5) is 4.79 Å². The van der Waals surface area contributed by atoms with Crippen molar-refractivity contribution in [2.45, 2.75) is 6.42 Å². The summed E-state index contributed by atoms with van der Waals surface area (Å²) >= 11 is 0. The lowest BCUT2D eigenvalue weighted by Gasteiger charge is -2.27. The maximum absolute atomic E-state index is 11.5. The summed E-state index contributed by atoms with van der Waals surface area (Å²) < 4.78 is 5.48. The zero-order valence-corrected chi connectivity index (χ0v) is 10.5. The van der Waals surface area contributed by atoms with Gasteiger partial charge in [-0.3, -0.25) is 0 Å². The highest BCUT2D eigenvalue weighted by molar-refractivity contribution is 5.87. The van der Waals surface area contributed by atoms with Gasteiger partial charge in [-0.25, -0.2) is 9.59 Å². The molecule has 1 aromatic carbocycles. The Morgan fingerprint density at radius 2 is 2.11 bits per heavy atom. The lowest BCUT2D eigenvalue weighted by Crippen LogP contribution is -2.47. The third-order valence-corrected chi connectivity index (χ3v) is 2.90. The topological polar surface area (TPSA) is 78.9 Å². The van der Waals surface area contributed by atoms with Crippen LogP contribution in [0.3, 0.4) is 0 Å². The Morgan fingerprint density at radius 1 is 1.37 bits per heavy atom. The van der Waals surface area contributed by atoms with Crippen molar-refractivity contribution < 1.29 is 19.4 Å². The average Bonchev–Trinajstić information content (AvgIpc) is 2.41. The first-order valence-electron chi connectivity index (χ1n) is 6.16. The molecule has 1 aliphatic heterocycles. The number of aromatic carboxylic acids is 1. The molecule has 19 heavy (non-hydrogen) atoms. The van der Waals surface area contributed by atoms with E-state index in [-0.39, 0.29) is 11.6 Å². The molecule has 0 aliphatic carbocycles. The lowest BCUT2D eigenvalue weighted by atomic mass is 10.2. The van der Waals surface area contributed by atoms with Crippen LogP contribution in [0, 0.1) is 0 Å². The van der Waals surface area contributed by atoms with Gasteiger partial charge in [0.25, 0.3) is 0 Å². The van der Waals surface area contributed by atoms with Gasteiger partial charge in [0.2, 0.25) is 0 Å². The van der Waals surface area contributed by atoms with E-state index < -0.39 is 5.97 Å². The van der Waals surface area contributed by atoms with Crippen molar-refractivity contribution in [1.82, 2.24) is 10.2 Å². The van der Waals surface area contributed by atoms with Gasteiger partial charge in [-0.1, -0.05) is 0 Å². The van der Waals surface area contributed by atoms with Crippen molar-refractivity contribution in [1.29, 1.82) is 0 Å². The van der Waals surface area contributed by atoms with Gasteiger partial charge in [0.05, 0.1) is 12.1 Å². The summed E-state index contributed by atoms with van der Waals surface area (Å²) in [4.78, 5) is 23.8. The molecule has 2 amide bonds. The summed E-state index contributed by atoms with van der Waals surface area (Å²) in [5, 5.41) is 11.5. The Kier molecular flexibility index (Phi) is 4.22. The minimum atomic E-state index is -0.962. The molecule has 0 radical (unpaired) electrons. The van der Waals surface area contributed by atoms with Crippen molar-refractivity contribution in [3.8, 4) is 5.75 Å². The van der Waals surface area contributed by atoms with E-state index >= 15 is 0 Å². The number of hydrogen-bond donors (Lipinski definition) is 2. The minimum absolute atomic E-state index is 0.0592. The second kappa shape index (κ2) is 6.08. The number of carbonyl (C=O) groups excluding carboxylic acids is 1. The van der Waals surface area contributed by atoms with Crippen LogP contribution >= 0.6 is 0 Å². The number of urea groups is 1. The fourth-order valence-corrected chi connectivity index (χ4v) is 1.86. The van der Waals surface area contributed by atoms with Crippen molar-refractivity contribution in [3.05, 3.63) is 29.8 Å². The highest BCUT2D eigenvalue weighted by atomic mass is 16.5.